The van der Waals surface area contributed by atoms with Gasteiger partial charge in [0.05, 0.1) is 24.8 Å². The smallest absolute Gasteiger partial charge is 0.339 e. The van der Waals surface area contributed by atoms with Crippen LogP contribution in [0.2, 0.25) is 0 Å². The quantitative estimate of drug-likeness (QED) is 0.765. The van der Waals surface area contributed by atoms with Gasteiger partial charge < -0.3 is 19.5 Å². The average molecular weight is 389 g/mol. The minimum atomic E-state index is -0.497. The van der Waals surface area contributed by atoms with E-state index in [-0.39, 0.29) is 24.5 Å². The summed E-state index contributed by atoms with van der Waals surface area (Å²) in [5.41, 5.74) is 1.38. The summed E-state index contributed by atoms with van der Waals surface area (Å²) < 4.78 is 16.5. The summed E-state index contributed by atoms with van der Waals surface area (Å²) in [7, 11) is 0. The lowest BCUT2D eigenvalue weighted by Gasteiger charge is -2.23. The molecule has 0 spiro atoms. The molecule has 0 unspecified atom stereocenters. The Morgan fingerprint density at radius 3 is 2.67 bits per heavy atom. The zero-order valence-electron chi connectivity index (χ0n) is 15.4. The predicted molar refractivity (Wildman–Crippen MR) is 102 cm³/mol. The van der Waals surface area contributed by atoms with Crippen LogP contribution in [0, 0.1) is 5.92 Å². The van der Waals surface area contributed by atoms with Crippen molar-refractivity contribution in [2.75, 3.05) is 19.8 Å². The van der Waals surface area contributed by atoms with Crippen molar-refractivity contribution in [3.63, 3.8) is 0 Å². The summed E-state index contributed by atoms with van der Waals surface area (Å²) in [6, 6.07) is 7.14. The van der Waals surface area contributed by atoms with Crippen molar-refractivity contribution in [2.24, 2.45) is 5.92 Å². The maximum atomic E-state index is 12.3. The second-order valence-electron chi connectivity index (χ2n) is 6.63. The number of thiophene rings is 1. The third-order valence-electron chi connectivity index (χ3n) is 4.21. The van der Waals surface area contributed by atoms with Gasteiger partial charge in [-0.25, -0.2) is 4.79 Å². The van der Waals surface area contributed by atoms with Crippen molar-refractivity contribution in [3.8, 4) is 11.5 Å². The van der Waals surface area contributed by atoms with Gasteiger partial charge in [-0.1, -0.05) is 19.9 Å². The topological polar surface area (TPSA) is 73.9 Å². The Hall–Kier alpha value is -2.54. The first-order valence-electron chi connectivity index (χ1n) is 8.93. The predicted octanol–water partition coefficient (Wildman–Crippen LogP) is 3.58. The first kappa shape index (κ1) is 19.2. The standard InChI is InChI=1S/C20H23NO5S/c1-13(2)19(14-4-5-16-17(10-14)25-8-3-7-24-16)21-18(22)11-26-20(23)15-6-9-27-12-15/h4-6,9-10,12-13,19H,3,7-8,11H2,1-2H3,(H,21,22)/t19-/m1/s1. The van der Waals surface area contributed by atoms with E-state index in [1.807, 2.05) is 32.0 Å². The molecule has 6 nitrogen and oxygen atoms in total. The highest BCUT2D eigenvalue weighted by Crippen LogP contribution is 2.34. The van der Waals surface area contributed by atoms with Gasteiger partial charge >= 0.3 is 5.97 Å². The maximum absolute atomic E-state index is 12.3. The van der Waals surface area contributed by atoms with Crippen LogP contribution in [0.15, 0.2) is 35.0 Å². The number of hydrogen-bond acceptors (Lipinski definition) is 6. The molecule has 2 aromatic rings. The molecule has 1 aliphatic heterocycles. The molecule has 0 saturated heterocycles. The van der Waals surface area contributed by atoms with Crippen molar-refractivity contribution in [3.05, 3.63) is 46.2 Å². The van der Waals surface area contributed by atoms with Gasteiger partial charge in [-0.3, -0.25) is 4.79 Å². The van der Waals surface area contributed by atoms with E-state index >= 15 is 0 Å². The van der Waals surface area contributed by atoms with Crippen LogP contribution in [-0.4, -0.2) is 31.7 Å². The lowest BCUT2D eigenvalue weighted by molar-refractivity contribution is -0.125. The van der Waals surface area contributed by atoms with Gasteiger partial charge in [0.25, 0.3) is 5.91 Å². The van der Waals surface area contributed by atoms with Gasteiger partial charge in [-0.15, -0.1) is 0 Å². The lowest BCUT2D eigenvalue weighted by Crippen LogP contribution is -2.35. The number of rotatable bonds is 6. The Morgan fingerprint density at radius 2 is 1.96 bits per heavy atom. The zero-order valence-corrected chi connectivity index (χ0v) is 16.2. The molecule has 0 aliphatic carbocycles. The van der Waals surface area contributed by atoms with E-state index in [0.29, 0.717) is 24.5 Å². The summed E-state index contributed by atoms with van der Waals surface area (Å²) >= 11 is 1.40. The Labute approximate surface area is 162 Å². The van der Waals surface area contributed by atoms with E-state index in [1.165, 1.54) is 11.3 Å². The first-order valence-corrected chi connectivity index (χ1v) is 9.87. The molecule has 27 heavy (non-hydrogen) atoms. The van der Waals surface area contributed by atoms with E-state index in [4.69, 9.17) is 14.2 Å². The second-order valence-corrected chi connectivity index (χ2v) is 7.41. The normalized spacial score (nSPS) is 14.3. The van der Waals surface area contributed by atoms with Gasteiger partial charge in [0.1, 0.15) is 0 Å². The van der Waals surface area contributed by atoms with Gasteiger partial charge in [0, 0.05) is 11.8 Å². The third-order valence-corrected chi connectivity index (χ3v) is 4.89. The van der Waals surface area contributed by atoms with Crippen LogP contribution in [0.1, 0.15) is 42.2 Å². The van der Waals surface area contributed by atoms with Crippen LogP contribution in [0.25, 0.3) is 0 Å². The molecule has 0 radical (unpaired) electrons. The van der Waals surface area contributed by atoms with E-state index in [1.54, 1.807) is 16.8 Å². The van der Waals surface area contributed by atoms with Crippen LogP contribution in [0.3, 0.4) is 0 Å². The summed E-state index contributed by atoms with van der Waals surface area (Å²) in [5.74, 6) is 0.710. The number of benzene rings is 1. The summed E-state index contributed by atoms with van der Waals surface area (Å²) in [5, 5.41) is 6.42. The number of carbonyl (C=O) groups is 2. The number of amides is 1. The molecular weight excluding hydrogens is 366 g/mol. The molecule has 1 aromatic heterocycles. The fraction of sp³-hybridized carbons (Fsp3) is 0.400. The molecule has 0 fully saturated rings. The van der Waals surface area contributed by atoms with E-state index < -0.39 is 5.97 Å². The average Bonchev–Trinajstić information content (AvgIpc) is 3.09. The van der Waals surface area contributed by atoms with Crippen molar-refractivity contribution >= 4 is 23.2 Å². The van der Waals surface area contributed by atoms with Crippen LogP contribution >= 0.6 is 11.3 Å². The molecule has 1 atom stereocenters. The minimum Gasteiger partial charge on any atom is -0.490 e. The zero-order chi connectivity index (χ0) is 19.2. The van der Waals surface area contributed by atoms with E-state index in [9.17, 15) is 9.59 Å². The molecule has 3 rings (SSSR count). The molecule has 1 amide bonds. The van der Waals surface area contributed by atoms with Crippen molar-refractivity contribution in [1.29, 1.82) is 0 Å². The second kappa shape index (κ2) is 8.90. The number of hydrogen-bond donors (Lipinski definition) is 1. The molecule has 1 aliphatic rings. The molecule has 0 saturated carbocycles. The maximum Gasteiger partial charge on any atom is 0.339 e. The molecule has 144 valence electrons. The molecule has 7 heteroatoms. The number of esters is 1. The largest absolute Gasteiger partial charge is 0.490 e. The summed E-state index contributed by atoms with van der Waals surface area (Å²) in [6.45, 7) is 4.96. The van der Waals surface area contributed by atoms with Crippen LogP contribution in [-0.2, 0) is 9.53 Å². The van der Waals surface area contributed by atoms with Crippen LogP contribution < -0.4 is 14.8 Å². The highest BCUT2D eigenvalue weighted by atomic mass is 32.1. The van der Waals surface area contributed by atoms with Crippen LogP contribution in [0.5, 0.6) is 11.5 Å². The number of fused-ring (bicyclic) bond motifs is 1. The Bertz CT molecular complexity index is 788. The monoisotopic (exact) mass is 389 g/mol. The van der Waals surface area contributed by atoms with Crippen molar-refractivity contribution < 1.29 is 23.8 Å². The number of nitrogens with one attached hydrogen (secondary N) is 1. The van der Waals surface area contributed by atoms with E-state index in [0.717, 1.165) is 17.7 Å². The Morgan fingerprint density at radius 1 is 1.19 bits per heavy atom. The number of carbonyl (C=O) groups excluding carboxylic acids is 2. The third kappa shape index (κ3) is 5.01. The fourth-order valence-electron chi connectivity index (χ4n) is 2.82. The molecule has 1 aromatic carbocycles. The van der Waals surface area contributed by atoms with Gasteiger partial charge in [0.15, 0.2) is 18.1 Å². The van der Waals surface area contributed by atoms with Crippen LogP contribution in [0.4, 0.5) is 0 Å². The minimum absolute atomic E-state index is 0.145. The lowest BCUT2D eigenvalue weighted by atomic mass is 9.95. The molecule has 0 bridgehead atoms. The van der Waals surface area contributed by atoms with Gasteiger partial charge in [-0.2, -0.15) is 11.3 Å². The number of ether oxygens (including phenoxy) is 3. The van der Waals surface area contributed by atoms with Gasteiger partial charge in [0.2, 0.25) is 0 Å². The molecule has 2 heterocycles. The molecular formula is C20H23NO5S. The first-order chi connectivity index (χ1) is 13.0. The molecule has 1 N–H and O–H groups in total. The van der Waals surface area contributed by atoms with Crippen molar-refractivity contribution in [2.45, 2.75) is 26.3 Å². The van der Waals surface area contributed by atoms with E-state index in [2.05, 4.69) is 5.32 Å². The summed E-state index contributed by atoms with van der Waals surface area (Å²) in [6.07, 6.45) is 0.837. The highest BCUT2D eigenvalue weighted by molar-refractivity contribution is 7.08. The highest BCUT2D eigenvalue weighted by Gasteiger charge is 2.22. The Balaban J connectivity index is 1.64. The van der Waals surface area contributed by atoms with Gasteiger partial charge in [-0.05, 0) is 35.1 Å². The fourth-order valence-corrected chi connectivity index (χ4v) is 3.44. The van der Waals surface area contributed by atoms with Crippen molar-refractivity contribution in [1.82, 2.24) is 5.32 Å². The Kier molecular flexibility index (Phi) is 6.34. The summed E-state index contributed by atoms with van der Waals surface area (Å²) in [4.78, 5) is 24.2. The SMILES string of the molecule is CC(C)[C@@H](NC(=O)COC(=O)c1ccsc1)c1ccc2c(c1)OCCCO2.